The minimum Gasteiger partial charge on any atom is -0.454 e. The third-order valence-electron chi connectivity index (χ3n) is 9.56. The maximum Gasteiger partial charge on any atom is 0.159 e. The van der Waals surface area contributed by atoms with E-state index < -0.39 is 0 Å². The SMILES string of the molecule is c1ccc2c(c1)ccc1ccc(N(c3ccc(-n4c5ccccc5c5ccccc54)cc3)c3cccc4c3oc3ccccc34)cc12. The molecule has 0 atom stereocenters. The van der Waals surface area contributed by atoms with Gasteiger partial charge in [0.2, 0.25) is 0 Å². The van der Waals surface area contributed by atoms with E-state index in [1.54, 1.807) is 0 Å². The summed E-state index contributed by atoms with van der Waals surface area (Å²) in [6.45, 7) is 0. The maximum atomic E-state index is 6.60. The molecule has 10 rings (SSSR count). The van der Waals surface area contributed by atoms with Crippen LogP contribution >= 0.6 is 0 Å². The summed E-state index contributed by atoms with van der Waals surface area (Å²) in [4.78, 5) is 2.33. The van der Waals surface area contributed by atoms with Gasteiger partial charge < -0.3 is 13.9 Å². The molecule has 0 aliphatic rings. The highest BCUT2D eigenvalue weighted by molar-refractivity contribution is 6.12. The van der Waals surface area contributed by atoms with E-state index in [-0.39, 0.29) is 0 Å². The number of furan rings is 1. The van der Waals surface area contributed by atoms with Gasteiger partial charge in [0.15, 0.2) is 5.58 Å². The van der Waals surface area contributed by atoms with Crippen LogP contribution in [0.1, 0.15) is 0 Å². The zero-order chi connectivity index (χ0) is 30.9. The predicted octanol–water partition coefficient (Wildman–Crippen LogP) is 12.5. The minimum absolute atomic E-state index is 0.873. The van der Waals surface area contributed by atoms with Crippen molar-refractivity contribution in [3.8, 4) is 5.69 Å². The normalized spacial score (nSPS) is 11.8. The van der Waals surface area contributed by atoms with Crippen molar-refractivity contribution in [3.63, 3.8) is 0 Å². The Labute approximate surface area is 271 Å². The Balaban J connectivity index is 1.21. The highest BCUT2D eigenvalue weighted by atomic mass is 16.3. The van der Waals surface area contributed by atoms with E-state index in [9.17, 15) is 0 Å². The first-order valence-corrected chi connectivity index (χ1v) is 16.0. The first kappa shape index (κ1) is 26.0. The molecule has 220 valence electrons. The molecule has 8 aromatic carbocycles. The average Bonchev–Trinajstić information content (AvgIpc) is 3.69. The van der Waals surface area contributed by atoms with Crippen LogP contribution in [0.25, 0.3) is 71.0 Å². The Hall–Kier alpha value is -6.32. The van der Waals surface area contributed by atoms with E-state index >= 15 is 0 Å². The Bertz CT molecular complexity index is 2750. The molecule has 0 amide bonds. The van der Waals surface area contributed by atoms with E-state index in [4.69, 9.17) is 4.42 Å². The van der Waals surface area contributed by atoms with Crippen LogP contribution in [0.4, 0.5) is 17.1 Å². The quantitative estimate of drug-likeness (QED) is 0.187. The van der Waals surface area contributed by atoms with Gasteiger partial charge >= 0.3 is 0 Å². The lowest BCUT2D eigenvalue weighted by molar-refractivity contribution is 0.669. The smallest absolute Gasteiger partial charge is 0.159 e. The van der Waals surface area contributed by atoms with Gasteiger partial charge in [-0.05, 0) is 82.2 Å². The monoisotopic (exact) mass is 600 g/mol. The van der Waals surface area contributed by atoms with Gasteiger partial charge in [0.1, 0.15) is 5.58 Å². The van der Waals surface area contributed by atoms with Gasteiger partial charge in [-0.1, -0.05) is 109 Å². The molecule has 0 fully saturated rings. The molecule has 47 heavy (non-hydrogen) atoms. The van der Waals surface area contributed by atoms with Crippen molar-refractivity contribution in [2.45, 2.75) is 0 Å². The number of aromatic nitrogens is 1. The van der Waals surface area contributed by atoms with E-state index in [1.165, 1.54) is 43.4 Å². The Kier molecular flexibility index (Phi) is 5.57. The third kappa shape index (κ3) is 3.93. The number of anilines is 3. The van der Waals surface area contributed by atoms with E-state index in [1.807, 2.05) is 12.1 Å². The molecule has 2 heterocycles. The lowest BCUT2D eigenvalue weighted by Crippen LogP contribution is -2.10. The second-order valence-corrected chi connectivity index (χ2v) is 12.2. The number of benzene rings is 8. The summed E-state index contributed by atoms with van der Waals surface area (Å²) in [5.74, 6) is 0. The Morgan fingerprint density at radius 3 is 1.74 bits per heavy atom. The summed E-state index contributed by atoms with van der Waals surface area (Å²) in [5.41, 5.74) is 8.42. The first-order valence-electron chi connectivity index (χ1n) is 16.0. The van der Waals surface area contributed by atoms with Crippen LogP contribution in [-0.4, -0.2) is 4.57 Å². The topological polar surface area (TPSA) is 21.3 Å². The molecular formula is C44H28N2O. The summed E-state index contributed by atoms with van der Waals surface area (Å²) >= 11 is 0. The van der Waals surface area contributed by atoms with Crippen LogP contribution < -0.4 is 4.90 Å². The maximum absolute atomic E-state index is 6.60. The van der Waals surface area contributed by atoms with Crippen molar-refractivity contribution >= 4 is 82.4 Å². The molecule has 0 saturated carbocycles. The minimum atomic E-state index is 0.873. The van der Waals surface area contributed by atoms with Crippen molar-refractivity contribution in [3.05, 3.63) is 170 Å². The highest BCUT2D eigenvalue weighted by Crippen LogP contribution is 2.43. The lowest BCUT2D eigenvalue weighted by Gasteiger charge is -2.26. The second-order valence-electron chi connectivity index (χ2n) is 12.2. The van der Waals surface area contributed by atoms with Crippen LogP contribution in [0.5, 0.6) is 0 Å². The average molecular weight is 601 g/mol. The summed E-state index contributed by atoms with van der Waals surface area (Å²) in [7, 11) is 0. The van der Waals surface area contributed by atoms with Gasteiger partial charge in [-0.25, -0.2) is 0 Å². The van der Waals surface area contributed by atoms with Crippen molar-refractivity contribution in [1.82, 2.24) is 4.57 Å². The zero-order valence-corrected chi connectivity index (χ0v) is 25.5. The molecular weight excluding hydrogens is 572 g/mol. The van der Waals surface area contributed by atoms with Gasteiger partial charge in [-0.3, -0.25) is 0 Å². The molecule has 2 aromatic heterocycles. The van der Waals surface area contributed by atoms with Crippen molar-refractivity contribution in [2.75, 3.05) is 4.90 Å². The molecule has 0 bridgehead atoms. The standard InChI is InChI=1S/C44H28N2O/c1-2-11-34-29(10-1)20-21-30-22-23-33(28-39(30)34)45(42-18-9-15-38-37-14-5-8-19-43(37)47-44(38)42)31-24-26-32(27-25-31)46-40-16-6-3-12-35(40)36-13-4-7-17-41(36)46/h1-28H. The molecule has 0 aliphatic heterocycles. The summed E-state index contributed by atoms with van der Waals surface area (Å²) in [6, 6.07) is 60.8. The fraction of sp³-hybridized carbons (Fsp3) is 0. The number of nitrogens with zero attached hydrogens (tertiary/aromatic N) is 2. The molecule has 0 saturated heterocycles. The first-order chi connectivity index (χ1) is 23.3. The third-order valence-corrected chi connectivity index (χ3v) is 9.56. The van der Waals surface area contributed by atoms with Crippen LogP contribution in [0.15, 0.2) is 174 Å². The van der Waals surface area contributed by atoms with Gasteiger partial charge in [-0.2, -0.15) is 0 Å². The van der Waals surface area contributed by atoms with Gasteiger partial charge in [-0.15, -0.1) is 0 Å². The molecule has 3 nitrogen and oxygen atoms in total. The van der Waals surface area contributed by atoms with Gasteiger partial charge in [0.25, 0.3) is 0 Å². The Morgan fingerprint density at radius 1 is 0.404 bits per heavy atom. The number of fused-ring (bicyclic) bond motifs is 9. The number of para-hydroxylation sites is 4. The molecule has 10 aromatic rings. The Morgan fingerprint density at radius 2 is 0.979 bits per heavy atom. The fourth-order valence-corrected chi connectivity index (χ4v) is 7.42. The lowest BCUT2D eigenvalue weighted by atomic mass is 10.0. The largest absolute Gasteiger partial charge is 0.454 e. The molecule has 3 heteroatoms. The van der Waals surface area contributed by atoms with E-state index in [0.29, 0.717) is 0 Å². The van der Waals surface area contributed by atoms with E-state index in [0.717, 1.165) is 44.7 Å². The van der Waals surface area contributed by atoms with Crippen LogP contribution in [-0.2, 0) is 0 Å². The summed E-state index contributed by atoms with van der Waals surface area (Å²) in [6.07, 6.45) is 0. The molecule has 0 spiro atoms. The summed E-state index contributed by atoms with van der Waals surface area (Å²) < 4.78 is 8.96. The number of rotatable bonds is 4. The predicted molar refractivity (Wildman–Crippen MR) is 198 cm³/mol. The number of hydrogen-bond acceptors (Lipinski definition) is 2. The fourth-order valence-electron chi connectivity index (χ4n) is 7.42. The molecule has 0 aliphatic carbocycles. The van der Waals surface area contributed by atoms with Gasteiger partial charge in [0.05, 0.1) is 16.7 Å². The van der Waals surface area contributed by atoms with Crippen molar-refractivity contribution in [2.24, 2.45) is 0 Å². The molecule has 0 N–H and O–H groups in total. The summed E-state index contributed by atoms with van der Waals surface area (Å²) in [5, 5.41) is 9.67. The van der Waals surface area contributed by atoms with Crippen molar-refractivity contribution < 1.29 is 4.42 Å². The van der Waals surface area contributed by atoms with Crippen LogP contribution in [0, 0.1) is 0 Å². The zero-order valence-electron chi connectivity index (χ0n) is 25.5. The van der Waals surface area contributed by atoms with Crippen molar-refractivity contribution in [1.29, 1.82) is 0 Å². The van der Waals surface area contributed by atoms with Crippen LogP contribution in [0.3, 0.4) is 0 Å². The number of hydrogen-bond donors (Lipinski definition) is 0. The highest BCUT2D eigenvalue weighted by Gasteiger charge is 2.20. The molecule has 0 radical (unpaired) electrons. The van der Waals surface area contributed by atoms with E-state index in [2.05, 4.69) is 167 Å². The molecule has 0 unspecified atom stereocenters. The van der Waals surface area contributed by atoms with Gasteiger partial charge in [0, 0.05) is 38.6 Å². The van der Waals surface area contributed by atoms with Crippen LogP contribution in [0.2, 0.25) is 0 Å². The second kappa shape index (κ2) is 10.1.